The van der Waals surface area contributed by atoms with E-state index in [1.54, 1.807) is 0 Å². The van der Waals surface area contributed by atoms with Gasteiger partial charge in [0.05, 0.1) is 5.69 Å². The lowest BCUT2D eigenvalue weighted by Crippen LogP contribution is -2.60. The lowest BCUT2D eigenvalue weighted by molar-refractivity contribution is -0.132. The van der Waals surface area contributed by atoms with Gasteiger partial charge in [-0.25, -0.2) is 4.39 Å². The van der Waals surface area contributed by atoms with Gasteiger partial charge in [-0.05, 0) is 40.0 Å². The zero-order chi connectivity index (χ0) is 14.2. The zero-order valence-corrected chi connectivity index (χ0v) is 12.2. The van der Waals surface area contributed by atoms with E-state index in [0.717, 1.165) is 0 Å². The summed E-state index contributed by atoms with van der Waals surface area (Å²) in [7, 11) is 0. The molecule has 0 spiro atoms. The fourth-order valence-electron chi connectivity index (χ4n) is 2.02. The molecule has 0 aliphatic carbocycles. The number of hydrogen-bond acceptors (Lipinski definition) is 2. The van der Waals surface area contributed by atoms with Crippen LogP contribution in [0.3, 0.4) is 0 Å². The summed E-state index contributed by atoms with van der Waals surface area (Å²) in [6, 6.07) is 3.49. The summed E-state index contributed by atoms with van der Waals surface area (Å²) < 4.78 is 13.9. The first kappa shape index (κ1) is 14.0. The number of benzene rings is 1. The second kappa shape index (κ2) is 5.28. The van der Waals surface area contributed by atoms with Crippen LogP contribution in [0.4, 0.5) is 10.1 Å². The molecule has 2 amide bonds. The van der Waals surface area contributed by atoms with Crippen LogP contribution in [0.1, 0.15) is 13.8 Å². The van der Waals surface area contributed by atoms with Crippen LogP contribution in [0.15, 0.2) is 22.7 Å². The first-order chi connectivity index (χ1) is 8.90. The maximum absolute atomic E-state index is 13.3. The summed E-state index contributed by atoms with van der Waals surface area (Å²) in [6.45, 7) is 3.62. The number of nitrogens with zero attached hydrogens (tertiary/aromatic N) is 1. The van der Waals surface area contributed by atoms with Crippen molar-refractivity contribution in [3.05, 3.63) is 28.5 Å². The molecule has 1 fully saturated rings. The van der Waals surface area contributed by atoms with Crippen molar-refractivity contribution in [1.29, 1.82) is 0 Å². The van der Waals surface area contributed by atoms with Crippen LogP contribution in [0.5, 0.6) is 0 Å². The highest BCUT2D eigenvalue weighted by Crippen LogP contribution is 2.29. The Morgan fingerprint density at radius 2 is 2.11 bits per heavy atom. The quantitative estimate of drug-likeness (QED) is 0.903. The standard InChI is InChI=1S/C13H14BrFN2O2/c1-7(2)12-13(19)17(6-11(18)16-12)10-5-8(15)3-4-9(10)14/h3-5,7,12H,6H2,1-2H3,(H,16,18). The largest absolute Gasteiger partial charge is 0.342 e. The minimum absolute atomic E-state index is 0.0217. The predicted molar refractivity (Wildman–Crippen MR) is 73.2 cm³/mol. The van der Waals surface area contributed by atoms with E-state index in [9.17, 15) is 14.0 Å². The second-order valence-corrected chi connectivity index (χ2v) is 5.66. The highest BCUT2D eigenvalue weighted by Gasteiger charge is 2.36. The van der Waals surface area contributed by atoms with Gasteiger partial charge in [0.25, 0.3) is 0 Å². The SMILES string of the molecule is CC(C)C1NC(=O)CN(c2cc(F)ccc2Br)C1=O. The van der Waals surface area contributed by atoms with E-state index in [-0.39, 0.29) is 24.3 Å². The lowest BCUT2D eigenvalue weighted by Gasteiger charge is -2.34. The summed E-state index contributed by atoms with van der Waals surface area (Å²) in [5.74, 6) is -0.931. The van der Waals surface area contributed by atoms with Gasteiger partial charge in [-0.15, -0.1) is 0 Å². The number of rotatable bonds is 2. The number of carbonyl (C=O) groups is 2. The highest BCUT2D eigenvalue weighted by molar-refractivity contribution is 9.10. The Morgan fingerprint density at radius 1 is 1.42 bits per heavy atom. The van der Waals surface area contributed by atoms with Gasteiger partial charge in [0, 0.05) is 4.47 Å². The summed E-state index contributed by atoms with van der Waals surface area (Å²) >= 11 is 3.28. The molecule has 1 unspecified atom stereocenters. The van der Waals surface area contributed by atoms with Crippen LogP contribution < -0.4 is 10.2 Å². The molecule has 1 saturated heterocycles. The van der Waals surface area contributed by atoms with E-state index in [0.29, 0.717) is 10.2 Å². The molecule has 0 bridgehead atoms. The second-order valence-electron chi connectivity index (χ2n) is 4.81. The molecular formula is C13H14BrFN2O2. The highest BCUT2D eigenvalue weighted by atomic mass is 79.9. The summed E-state index contributed by atoms with van der Waals surface area (Å²) in [6.07, 6.45) is 0. The van der Waals surface area contributed by atoms with Gasteiger partial charge in [-0.3, -0.25) is 14.5 Å². The molecule has 1 aliphatic rings. The van der Waals surface area contributed by atoms with Crippen LogP contribution in [0.25, 0.3) is 0 Å². The smallest absolute Gasteiger partial charge is 0.250 e. The first-order valence-electron chi connectivity index (χ1n) is 5.96. The molecule has 0 aromatic heterocycles. The number of piperazine rings is 1. The molecule has 1 aromatic rings. The lowest BCUT2D eigenvalue weighted by atomic mass is 10.0. The van der Waals surface area contributed by atoms with E-state index < -0.39 is 11.9 Å². The molecule has 1 aromatic carbocycles. The third kappa shape index (κ3) is 2.78. The van der Waals surface area contributed by atoms with E-state index in [1.165, 1.54) is 23.1 Å². The van der Waals surface area contributed by atoms with Gasteiger partial charge in [-0.2, -0.15) is 0 Å². The van der Waals surface area contributed by atoms with Crippen LogP contribution in [0.2, 0.25) is 0 Å². The average Bonchev–Trinajstić information content (AvgIpc) is 2.34. The Hall–Kier alpha value is -1.43. The van der Waals surface area contributed by atoms with Crippen molar-refractivity contribution in [2.45, 2.75) is 19.9 Å². The maximum atomic E-state index is 13.3. The molecule has 1 heterocycles. The molecule has 0 saturated carbocycles. The number of halogens is 2. The van der Waals surface area contributed by atoms with Gasteiger partial charge in [0.1, 0.15) is 18.4 Å². The zero-order valence-electron chi connectivity index (χ0n) is 10.6. The Morgan fingerprint density at radius 3 is 2.74 bits per heavy atom. The first-order valence-corrected chi connectivity index (χ1v) is 6.75. The Bertz CT molecular complexity index is 533. The number of carbonyl (C=O) groups excluding carboxylic acids is 2. The van der Waals surface area contributed by atoms with Gasteiger partial charge < -0.3 is 5.32 Å². The average molecular weight is 329 g/mol. The monoisotopic (exact) mass is 328 g/mol. The minimum Gasteiger partial charge on any atom is -0.342 e. The number of nitrogens with one attached hydrogen (secondary N) is 1. The van der Waals surface area contributed by atoms with E-state index in [4.69, 9.17) is 0 Å². The fourth-order valence-corrected chi connectivity index (χ4v) is 2.48. The van der Waals surface area contributed by atoms with Crippen molar-refractivity contribution in [1.82, 2.24) is 5.32 Å². The van der Waals surface area contributed by atoms with Crippen LogP contribution >= 0.6 is 15.9 Å². The van der Waals surface area contributed by atoms with E-state index >= 15 is 0 Å². The maximum Gasteiger partial charge on any atom is 0.250 e. The summed E-state index contributed by atoms with van der Waals surface area (Å²) in [5, 5.41) is 2.66. The Balaban J connectivity index is 2.40. The van der Waals surface area contributed by atoms with Gasteiger partial charge >= 0.3 is 0 Å². The summed E-state index contributed by atoms with van der Waals surface area (Å²) in [4.78, 5) is 25.3. The van der Waals surface area contributed by atoms with Gasteiger partial charge in [-0.1, -0.05) is 13.8 Å². The third-order valence-corrected chi connectivity index (χ3v) is 3.69. The van der Waals surface area contributed by atoms with Crippen LogP contribution in [-0.4, -0.2) is 24.4 Å². The number of hydrogen-bond donors (Lipinski definition) is 1. The molecule has 102 valence electrons. The number of anilines is 1. The predicted octanol–water partition coefficient (Wildman–Crippen LogP) is 2.08. The van der Waals surface area contributed by atoms with Crippen molar-refractivity contribution in [2.75, 3.05) is 11.4 Å². The molecule has 19 heavy (non-hydrogen) atoms. The van der Waals surface area contributed by atoms with E-state index in [2.05, 4.69) is 21.2 Å². The molecule has 1 atom stereocenters. The third-order valence-electron chi connectivity index (χ3n) is 3.02. The Kier molecular flexibility index (Phi) is 3.89. The topological polar surface area (TPSA) is 49.4 Å². The van der Waals surface area contributed by atoms with Crippen molar-refractivity contribution in [3.63, 3.8) is 0 Å². The number of amides is 2. The van der Waals surface area contributed by atoms with E-state index in [1.807, 2.05) is 13.8 Å². The fraction of sp³-hybridized carbons (Fsp3) is 0.385. The normalized spacial score (nSPS) is 19.8. The molecule has 6 heteroatoms. The molecule has 1 aliphatic heterocycles. The van der Waals surface area contributed by atoms with Crippen LogP contribution in [-0.2, 0) is 9.59 Å². The Labute approximate surface area is 119 Å². The molecule has 2 rings (SSSR count). The van der Waals surface area contributed by atoms with Gasteiger partial charge in [0.15, 0.2) is 0 Å². The molecule has 0 radical (unpaired) electrons. The van der Waals surface area contributed by atoms with Crippen molar-refractivity contribution in [2.24, 2.45) is 5.92 Å². The molecule has 4 nitrogen and oxygen atoms in total. The van der Waals surface area contributed by atoms with Crippen molar-refractivity contribution in [3.8, 4) is 0 Å². The van der Waals surface area contributed by atoms with Crippen LogP contribution in [0, 0.1) is 11.7 Å². The van der Waals surface area contributed by atoms with Crippen molar-refractivity contribution >= 4 is 33.4 Å². The van der Waals surface area contributed by atoms with Gasteiger partial charge in [0.2, 0.25) is 11.8 Å². The minimum atomic E-state index is -0.573. The molecule has 1 N–H and O–H groups in total. The van der Waals surface area contributed by atoms with Crippen molar-refractivity contribution < 1.29 is 14.0 Å². The molecular weight excluding hydrogens is 315 g/mol. The summed E-state index contributed by atoms with van der Waals surface area (Å²) in [5.41, 5.74) is 0.380.